The van der Waals surface area contributed by atoms with Gasteiger partial charge in [-0.15, -0.1) is 0 Å². The average Bonchev–Trinajstić information content (AvgIpc) is 2.40. The summed E-state index contributed by atoms with van der Waals surface area (Å²) in [7, 11) is 2.88. The van der Waals surface area contributed by atoms with Crippen molar-refractivity contribution in [1.29, 1.82) is 0 Å². The topological polar surface area (TPSA) is 75.6 Å². The summed E-state index contributed by atoms with van der Waals surface area (Å²) < 4.78 is 5.06. The Hall–Kier alpha value is -1.05. The van der Waals surface area contributed by atoms with E-state index in [1.54, 1.807) is 26.8 Å². The molecule has 0 spiro atoms. The molecule has 1 aromatic rings. The monoisotopic (exact) mass is 377 g/mol. The molecule has 1 atom stereocenters. The molecular formula is C15H20ClNO4S2. The Bertz CT molecular complexity index is 549. The number of ether oxygens (including phenoxy) is 1. The van der Waals surface area contributed by atoms with Crippen LogP contribution in [0.2, 0.25) is 5.02 Å². The van der Waals surface area contributed by atoms with E-state index in [2.05, 4.69) is 5.32 Å². The number of carbonyl (C=O) groups is 2. The standard InChI is InChI=1S/C15H20ClNO4S2/c1-15(2,3)21-14(20)17-12(13(18)19)9-23-22-8-10-5-4-6-11(16)7-10/h4-7,12H,8-9H2,1-3H3,(H,17,20)(H,18,19)/t12-/m1/s1. The van der Waals surface area contributed by atoms with Gasteiger partial charge in [0.2, 0.25) is 0 Å². The molecular weight excluding hydrogens is 358 g/mol. The number of carboxylic acid groups (broad SMARTS) is 1. The third-order valence-electron chi connectivity index (χ3n) is 2.42. The lowest BCUT2D eigenvalue weighted by atomic mass is 10.2. The zero-order valence-corrected chi connectivity index (χ0v) is 15.6. The molecule has 1 amide bonds. The number of alkyl carbamates (subject to hydrolysis) is 1. The molecule has 0 bridgehead atoms. The maximum atomic E-state index is 11.6. The number of benzene rings is 1. The van der Waals surface area contributed by atoms with E-state index in [0.29, 0.717) is 10.8 Å². The van der Waals surface area contributed by atoms with E-state index in [1.165, 1.54) is 21.6 Å². The number of halogens is 1. The van der Waals surface area contributed by atoms with Gasteiger partial charge in [-0.3, -0.25) is 0 Å². The van der Waals surface area contributed by atoms with Crippen molar-refractivity contribution in [3.8, 4) is 0 Å². The molecule has 0 saturated carbocycles. The van der Waals surface area contributed by atoms with Crippen LogP contribution < -0.4 is 5.32 Å². The van der Waals surface area contributed by atoms with Crippen LogP contribution in [0.3, 0.4) is 0 Å². The van der Waals surface area contributed by atoms with Gasteiger partial charge < -0.3 is 15.2 Å². The summed E-state index contributed by atoms with van der Waals surface area (Å²) in [6.07, 6.45) is -0.731. The number of carbonyl (C=O) groups excluding carboxylic acids is 1. The fraction of sp³-hybridized carbons (Fsp3) is 0.467. The van der Waals surface area contributed by atoms with E-state index >= 15 is 0 Å². The van der Waals surface area contributed by atoms with Crippen LogP contribution in [0.25, 0.3) is 0 Å². The zero-order chi connectivity index (χ0) is 17.5. The van der Waals surface area contributed by atoms with Crippen molar-refractivity contribution >= 4 is 45.3 Å². The average molecular weight is 378 g/mol. The van der Waals surface area contributed by atoms with E-state index in [4.69, 9.17) is 21.4 Å². The number of hydrogen-bond acceptors (Lipinski definition) is 5. The Morgan fingerprint density at radius 2 is 2.04 bits per heavy atom. The van der Waals surface area contributed by atoms with Gasteiger partial charge in [-0.1, -0.05) is 45.3 Å². The lowest BCUT2D eigenvalue weighted by Crippen LogP contribution is -2.44. The Morgan fingerprint density at radius 1 is 1.35 bits per heavy atom. The SMILES string of the molecule is CC(C)(C)OC(=O)N[C@H](CSSCc1cccc(Cl)c1)C(=O)O. The summed E-state index contributed by atoms with van der Waals surface area (Å²) in [6, 6.07) is 6.48. The molecule has 23 heavy (non-hydrogen) atoms. The van der Waals surface area contributed by atoms with Gasteiger partial charge in [0, 0.05) is 16.5 Å². The highest BCUT2D eigenvalue weighted by atomic mass is 35.5. The second-order valence-corrected chi connectivity index (χ2v) is 8.66. The Kier molecular flexibility index (Phi) is 8.08. The van der Waals surface area contributed by atoms with E-state index in [0.717, 1.165) is 5.56 Å². The van der Waals surface area contributed by atoms with Crippen molar-refractivity contribution in [1.82, 2.24) is 5.32 Å². The van der Waals surface area contributed by atoms with Crippen LogP contribution in [-0.4, -0.2) is 34.6 Å². The fourth-order valence-corrected chi connectivity index (χ4v) is 3.90. The second kappa shape index (κ2) is 9.30. The van der Waals surface area contributed by atoms with Crippen LogP contribution in [0.5, 0.6) is 0 Å². The van der Waals surface area contributed by atoms with E-state index in [9.17, 15) is 9.59 Å². The van der Waals surface area contributed by atoms with E-state index in [1.807, 2.05) is 18.2 Å². The quantitative estimate of drug-likeness (QED) is 0.548. The van der Waals surface area contributed by atoms with Gasteiger partial charge >= 0.3 is 12.1 Å². The molecule has 1 aromatic carbocycles. The minimum absolute atomic E-state index is 0.236. The normalized spacial score (nSPS) is 12.5. The van der Waals surface area contributed by atoms with Gasteiger partial charge in [-0.05, 0) is 38.5 Å². The number of carboxylic acids is 1. The van der Waals surface area contributed by atoms with Gasteiger partial charge in [-0.2, -0.15) is 0 Å². The van der Waals surface area contributed by atoms with Crippen LogP contribution in [0, 0.1) is 0 Å². The lowest BCUT2D eigenvalue weighted by molar-refractivity contribution is -0.138. The Labute approximate surface area is 148 Å². The molecule has 0 fully saturated rings. The Balaban J connectivity index is 2.39. The number of hydrogen-bond donors (Lipinski definition) is 2. The van der Waals surface area contributed by atoms with Crippen molar-refractivity contribution < 1.29 is 19.4 Å². The molecule has 0 saturated heterocycles. The van der Waals surface area contributed by atoms with Crippen LogP contribution >= 0.6 is 33.2 Å². The van der Waals surface area contributed by atoms with Crippen molar-refractivity contribution in [2.24, 2.45) is 0 Å². The van der Waals surface area contributed by atoms with Crippen LogP contribution in [0.1, 0.15) is 26.3 Å². The van der Waals surface area contributed by atoms with Gasteiger partial charge in [-0.25, -0.2) is 9.59 Å². The maximum absolute atomic E-state index is 11.6. The predicted molar refractivity (Wildman–Crippen MR) is 96.0 cm³/mol. The number of amides is 1. The molecule has 0 aliphatic heterocycles. The Morgan fingerprint density at radius 3 is 2.61 bits per heavy atom. The van der Waals surface area contributed by atoms with E-state index in [-0.39, 0.29) is 5.75 Å². The predicted octanol–water partition coefficient (Wildman–Crippen LogP) is 4.20. The summed E-state index contributed by atoms with van der Waals surface area (Å²) in [5, 5.41) is 12.2. The maximum Gasteiger partial charge on any atom is 0.408 e. The van der Waals surface area contributed by atoms with Crippen molar-refractivity contribution in [3.63, 3.8) is 0 Å². The number of rotatable bonds is 7. The number of nitrogens with one attached hydrogen (secondary N) is 1. The summed E-state index contributed by atoms with van der Waals surface area (Å²) in [4.78, 5) is 22.8. The summed E-state index contributed by atoms with van der Waals surface area (Å²) >= 11 is 5.90. The smallest absolute Gasteiger partial charge is 0.408 e. The molecule has 0 aromatic heterocycles. The zero-order valence-electron chi connectivity index (χ0n) is 13.2. The highest BCUT2D eigenvalue weighted by molar-refractivity contribution is 8.76. The van der Waals surface area contributed by atoms with Crippen molar-refractivity contribution in [2.75, 3.05) is 5.75 Å². The van der Waals surface area contributed by atoms with Gasteiger partial charge in [0.15, 0.2) is 0 Å². The first-order chi connectivity index (χ1) is 10.7. The molecule has 0 aliphatic carbocycles. The minimum Gasteiger partial charge on any atom is -0.480 e. The third kappa shape index (κ3) is 8.98. The molecule has 128 valence electrons. The summed E-state index contributed by atoms with van der Waals surface area (Å²) in [6.45, 7) is 5.16. The minimum atomic E-state index is -1.09. The molecule has 0 heterocycles. The van der Waals surface area contributed by atoms with Gasteiger partial charge in [0.05, 0.1) is 0 Å². The molecule has 1 rings (SSSR count). The fourth-order valence-electron chi connectivity index (χ4n) is 1.48. The highest BCUT2D eigenvalue weighted by Gasteiger charge is 2.23. The summed E-state index contributed by atoms with van der Waals surface area (Å²) in [5.74, 6) is -0.157. The summed E-state index contributed by atoms with van der Waals surface area (Å²) in [5.41, 5.74) is 0.392. The van der Waals surface area contributed by atoms with Crippen LogP contribution in [-0.2, 0) is 15.3 Å². The molecule has 8 heteroatoms. The largest absolute Gasteiger partial charge is 0.480 e. The molecule has 5 nitrogen and oxygen atoms in total. The van der Waals surface area contributed by atoms with Crippen molar-refractivity contribution in [3.05, 3.63) is 34.9 Å². The third-order valence-corrected chi connectivity index (χ3v) is 5.01. The van der Waals surface area contributed by atoms with Crippen LogP contribution in [0.4, 0.5) is 4.79 Å². The first-order valence-electron chi connectivity index (χ1n) is 6.88. The van der Waals surface area contributed by atoms with Gasteiger partial charge in [0.1, 0.15) is 11.6 Å². The first-order valence-corrected chi connectivity index (χ1v) is 9.75. The molecule has 0 aliphatic rings. The number of aliphatic carboxylic acids is 1. The van der Waals surface area contributed by atoms with E-state index < -0.39 is 23.7 Å². The molecule has 0 radical (unpaired) electrons. The highest BCUT2D eigenvalue weighted by Crippen LogP contribution is 2.27. The van der Waals surface area contributed by atoms with Crippen molar-refractivity contribution in [2.45, 2.75) is 38.2 Å². The molecule has 2 N–H and O–H groups in total. The van der Waals surface area contributed by atoms with Crippen LogP contribution in [0.15, 0.2) is 24.3 Å². The first kappa shape index (κ1) is 20.0. The molecule has 0 unspecified atom stereocenters. The lowest BCUT2D eigenvalue weighted by Gasteiger charge is -2.21. The van der Waals surface area contributed by atoms with Gasteiger partial charge in [0.25, 0.3) is 0 Å². The second-order valence-electron chi connectivity index (χ2n) is 5.71.